The summed E-state index contributed by atoms with van der Waals surface area (Å²) < 4.78 is 9.19. The molecule has 0 amide bonds. The fourth-order valence-corrected chi connectivity index (χ4v) is 5.44. The maximum atomic E-state index is 13.5. The van der Waals surface area contributed by atoms with Crippen LogP contribution < -0.4 is 44.9 Å². The van der Waals surface area contributed by atoms with Crippen molar-refractivity contribution >= 4 is 22.4 Å². The number of unbranched alkanes of at least 4 members (excludes halogenated alkanes) is 1. The molecule has 8 nitrogen and oxygen atoms in total. The number of hydrogen-bond acceptors (Lipinski definition) is 4. The molecule has 10 heteroatoms. The SMILES string of the molecule is CCc1nc(C)c2c(=O)n(CCCC[NH+]3CC[NH+](c4ccccc4)CC3)c3ccc(OC)nc3n12.[Cl-].[Cl-]. The van der Waals surface area contributed by atoms with Crippen LogP contribution in [0.5, 0.6) is 5.88 Å². The number of benzene rings is 1. The molecule has 5 rings (SSSR count). The molecular formula is C27H36Cl2N6O2. The highest BCUT2D eigenvalue weighted by atomic mass is 35.5. The van der Waals surface area contributed by atoms with Crippen LogP contribution in [0, 0.1) is 6.92 Å². The van der Waals surface area contributed by atoms with E-state index < -0.39 is 0 Å². The van der Waals surface area contributed by atoms with Gasteiger partial charge in [0.2, 0.25) is 5.88 Å². The van der Waals surface area contributed by atoms with Gasteiger partial charge < -0.3 is 39.0 Å². The number of nitrogens with one attached hydrogen (secondary N) is 2. The number of para-hydroxylation sites is 1. The Balaban J connectivity index is 0.00000190. The Bertz CT molecular complexity index is 1380. The van der Waals surface area contributed by atoms with Crippen molar-refractivity contribution in [2.45, 2.75) is 39.7 Å². The van der Waals surface area contributed by atoms with Gasteiger partial charge in [-0.2, -0.15) is 4.98 Å². The van der Waals surface area contributed by atoms with E-state index in [0.717, 1.165) is 48.5 Å². The minimum Gasteiger partial charge on any atom is -1.00 e. The lowest BCUT2D eigenvalue weighted by molar-refractivity contribution is -0.986. The number of hydrogen-bond donors (Lipinski definition) is 2. The summed E-state index contributed by atoms with van der Waals surface area (Å²) in [5.74, 6) is 1.39. The molecule has 3 aromatic heterocycles. The average molecular weight is 548 g/mol. The summed E-state index contributed by atoms with van der Waals surface area (Å²) in [7, 11) is 1.62. The molecule has 200 valence electrons. The summed E-state index contributed by atoms with van der Waals surface area (Å²) in [6, 6.07) is 14.6. The van der Waals surface area contributed by atoms with Crippen LogP contribution >= 0.6 is 0 Å². The number of nitrogens with zero attached hydrogens (tertiary/aromatic N) is 4. The molecule has 1 aliphatic heterocycles. The number of aryl methyl sites for hydroxylation is 3. The third kappa shape index (κ3) is 5.77. The second-order valence-corrected chi connectivity index (χ2v) is 9.48. The monoisotopic (exact) mass is 546 g/mol. The van der Waals surface area contributed by atoms with Gasteiger partial charge in [-0.15, -0.1) is 0 Å². The van der Waals surface area contributed by atoms with Crippen molar-refractivity contribution < 1.29 is 39.4 Å². The van der Waals surface area contributed by atoms with Crippen LogP contribution in [0.25, 0.3) is 16.7 Å². The molecule has 0 unspecified atom stereocenters. The Kier molecular flexibility index (Phi) is 9.95. The molecule has 0 radical (unpaired) electrons. The first kappa shape index (κ1) is 28.9. The second kappa shape index (κ2) is 12.7. The number of piperazine rings is 1. The molecule has 1 aromatic carbocycles. The predicted octanol–water partition coefficient (Wildman–Crippen LogP) is -5.17. The van der Waals surface area contributed by atoms with E-state index in [-0.39, 0.29) is 30.4 Å². The van der Waals surface area contributed by atoms with Gasteiger partial charge in [-0.3, -0.25) is 14.1 Å². The molecule has 0 aliphatic carbocycles. The topological polar surface area (TPSA) is 70.3 Å². The molecular weight excluding hydrogens is 511 g/mol. The molecule has 4 aromatic rings. The van der Waals surface area contributed by atoms with Crippen LogP contribution in [0.3, 0.4) is 0 Å². The van der Waals surface area contributed by atoms with E-state index in [4.69, 9.17) is 9.72 Å². The fraction of sp³-hybridized carbons (Fsp3) is 0.444. The lowest BCUT2D eigenvalue weighted by Crippen LogP contribution is -3.26. The van der Waals surface area contributed by atoms with Gasteiger partial charge in [0.25, 0.3) is 5.56 Å². The molecule has 2 N–H and O–H groups in total. The zero-order valence-corrected chi connectivity index (χ0v) is 23.3. The zero-order chi connectivity index (χ0) is 24.4. The summed E-state index contributed by atoms with van der Waals surface area (Å²) in [6.07, 6.45) is 2.79. The number of pyridine rings is 1. The summed E-state index contributed by atoms with van der Waals surface area (Å²) in [6.45, 7) is 10.5. The number of fused-ring (bicyclic) bond motifs is 3. The van der Waals surface area contributed by atoms with Crippen LogP contribution in [0.1, 0.15) is 31.3 Å². The van der Waals surface area contributed by atoms with Gasteiger partial charge in [0.15, 0.2) is 5.65 Å². The highest BCUT2D eigenvalue weighted by molar-refractivity contribution is 5.77. The summed E-state index contributed by atoms with van der Waals surface area (Å²) in [5, 5.41) is 0. The third-order valence-electron chi connectivity index (χ3n) is 7.33. The van der Waals surface area contributed by atoms with Gasteiger partial charge in [0, 0.05) is 19.0 Å². The normalized spacial score (nSPS) is 17.4. The van der Waals surface area contributed by atoms with Crippen molar-refractivity contribution in [2.75, 3.05) is 39.8 Å². The van der Waals surface area contributed by atoms with Crippen molar-refractivity contribution in [3.8, 4) is 5.88 Å². The molecule has 1 saturated heterocycles. The Morgan fingerprint density at radius 2 is 1.70 bits per heavy atom. The molecule has 4 heterocycles. The molecule has 0 saturated carbocycles. The number of ether oxygens (including phenoxy) is 1. The first-order chi connectivity index (χ1) is 17.1. The van der Waals surface area contributed by atoms with Gasteiger partial charge in [0.1, 0.15) is 43.2 Å². The van der Waals surface area contributed by atoms with Crippen LogP contribution in [-0.2, 0) is 13.0 Å². The van der Waals surface area contributed by atoms with E-state index in [2.05, 4.69) is 42.2 Å². The fourth-order valence-electron chi connectivity index (χ4n) is 5.44. The molecule has 1 fully saturated rings. The minimum absolute atomic E-state index is 0. The average Bonchev–Trinajstić information content (AvgIpc) is 3.25. The maximum Gasteiger partial charge on any atom is 0.277 e. The standard InChI is InChI=1S/C27H34N6O2.2ClH/c1-4-23-28-20(2)25-27(34)32(22-12-13-24(35-3)29-26(22)33(23)25)15-9-8-14-30-16-18-31(19-17-30)21-10-6-5-7-11-21;;/h5-7,10-13H,4,8-9,14-19H2,1-3H3;2*1H. The highest BCUT2D eigenvalue weighted by Crippen LogP contribution is 2.21. The van der Waals surface area contributed by atoms with Gasteiger partial charge in [-0.25, -0.2) is 4.98 Å². The van der Waals surface area contributed by atoms with Crippen molar-refractivity contribution in [3.05, 3.63) is 64.3 Å². The molecule has 0 atom stereocenters. The smallest absolute Gasteiger partial charge is 0.277 e. The Labute approximate surface area is 230 Å². The van der Waals surface area contributed by atoms with E-state index >= 15 is 0 Å². The highest BCUT2D eigenvalue weighted by Gasteiger charge is 2.24. The van der Waals surface area contributed by atoms with Gasteiger partial charge in [0.05, 0.1) is 24.9 Å². The van der Waals surface area contributed by atoms with E-state index in [9.17, 15) is 4.79 Å². The number of methoxy groups -OCH3 is 1. The van der Waals surface area contributed by atoms with Crippen molar-refractivity contribution in [2.24, 2.45) is 0 Å². The van der Waals surface area contributed by atoms with Crippen molar-refractivity contribution in [3.63, 3.8) is 0 Å². The van der Waals surface area contributed by atoms with E-state index in [0.29, 0.717) is 17.9 Å². The largest absolute Gasteiger partial charge is 1.00 e. The van der Waals surface area contributed by atoms with Crippen LogP contribution in [-0.4, -0.2) is 58.8 Å². The number of aromatic nitrogens is 4. The number of imidazole rings is 1. The van der Waals surface area contributed by atoms with E-state index in [1.54, 1.807) is 16.9 Å². The zero-order valence-electron chi connectivity index (χ0n) is 21.8. The van der Waals surface area contributed by atoms with Crippen molar-refractivity contribution in [1.29, 1.82) is 0 Å². The predicted molar refractivity (Wildman–Crippen MR) is 137 cm³/mol. The molecule has 37 heavy (non-hydrogen) atoms. The summed E-state index contributed by atoms with van der Waals surface area (Å²) >= 11 is 0. The lowest BCUT2D eigenvalue weighted by Gasteiger charge is -2.29. The molecule has 0 spiro atoms. The first-order valence-corrected chi connectivity index (χ1v) is 12.8. The number of rotatable bonds is 8. The van der Waals surface area contributed by atoms with Crippen LogP contribution in [0.15, 0.2) is 47.3 Å². The number of quaternary nitrogens is 2. The Hall–Kier alpha value is -2.65. The Morgan fingerprint density at radius 1 is 0.973 bits per heavy atom. The van der Waals surface area contributed by atoms with E-state index in [1.807, 2.05) is 28.0 Å². The quantitative estimate of drug-likeness (QED) is 0.217. The molecule has 1 aliphatic rings. The number of halogens is 2. The van der Waals surface area contributed by atoms with Crippen LogP contribution in [0.4, 0.5) is 5.69 Å². The second-order valence-electron chi connectivity index (χ2n) is 9.48. The van der Waals surface area contributed by atoms with E-state index in [1.165, 1.54) is 31.9 Å². The minimum atomic E-state index is 0. The van der Waals surface area contributed by atoms with Gasteiger partial charge in [-0.05, 0) is 38.0 Å². The third-order valence-corrected chi connectivity index (χ3v) is 7.33. The first-order valence-electron chi connectivity index (χ1n) is 12.8. The van der Waals surface area contributed by atoms with Crippen molar-refractivity contribution in [1.82, 2.24) is 18.9 Å². The maximum absolute atomic E-state index is 13.5. The molecule has 0 bridgehead atoms. The van der Waals surface area contributed by atoms with Crippen LogP contribution in [0.2, 0.25) is 0 Å². The summed E-state index contributed by atoms with van der Waals surface area (Å²) in [5.41, 5.74) is 4.38. The Morgan fingerprint density at radius 3 is 2.38 bits per heavy atom. The van der Waals surface area contributed by atoms with Gasteiger partial charge >= 0.3 is 0 Å². The summed E-state index contributed by atoms with van der Waals surface area (Å²) in [4.78, 5) is 26.2. The lowest BCUT2D eigenvalue weighted by atomic mass is 10.2. The van der Waals surface area contributed by atoms with Gasteiger partial charge in [-0.1, -0.05) is 25.1 Å².